The molecule has 0 bridgehead atoms. The minimum atomic E-state index is -0.695. The standard InChI is InChI=1S/C8H8ClFN2O/c9-6-1-2-7(10)5(3-6)4-12-8(11)13/h1-3H,4H2,(H3,11,12,13). The summed E-state index contributed by atoms with van der Waals surface area (Å²) >= 11 is 5.62. The maximum Gasteiger partial charge on any atom is 0.312 e. The predicted octanol–water partition coefficient (Wildman–Crippen LogP) is 1.65. The molecule has 1 aromatic carbocycles. The van der Waals surface area contributed by atoms with Gasteiger partial charge in [0.25, 0.3) is 0 Å². The van der Waals surface area contributed by atoms with Crippen molar-refractivity contribution < 1.29 is 9.18 Å². The van der Waals surface area contributed by atoms with Gasteiger partial charge >= 0.3 is 6.03 Å². The molecule has 13 heavy (non-hydrogen) atoms. The number of benzene rings is 1. The molecule has 70 valence electrons. The van der Waals surface area contributed by atoms with Crippen LogP contribution in [0.25, 0.3) is 0 Å². The maximum atomic E-state index is 13.0. The van der Waals surface area contributed by atoms with Crippen LogP contribution >= 0.6 is 11.6 Å². The minimum Gasteiger partial charge on any atom is -0.352 e. The van der Waals surface area contributed by atoms with E-state index in [-0.39, 0.29) is 6.54 Å². The molecule has 0 unspecified atom stereocenters. The molecule has 1 aromatic rings. The van der Waals surface area contributed by atoms with E-state index in [4.69, 9.17) is 17.3 Å². The number of hydrogen-bond acceptors (Lipinski definition) is 1. The average molecular weight is 203 g/mol. The number of nitrogens with one attached hydrogen (secondary N) is 1. The van der Waals surface area contributed by atoms with Gasteiger partial charge in [-0.25, -0.2) is 9.18 Å². The second-order valence-corrected chi connectivity index (χ2v) is 2.89. The van der Waals surface area contributed by atoms with E-state index < -0.39 is 11.8 Å². The van der Waals surface area contributed by atoms with Gasteiger partial charge in [-0.1, -0.05) is 11.6 Å². The zero-order chi connectivity index (χ0) is 9.84. The predicted molar refractivity (Wildman–Crippen MR) is 47.8 cm³/mol. The van der Waals surface area contributed by atoms with Gasteiger partial charge in [0.2, 0.25) is 0 Å². The van der Waals surface area contributed by atoms with Crippen molar-refractivity contribution in [3.05, 3.63) is 34.6 Å². The summed E-state index contributed by atoms with van der Waals surface area (Å²) in [5, 5.41) is 2.69. The SMILES string of the molecule is NC(=O)NCc1cc(Cl)ccc1F. The van der Waals surface area contributed by atoms with Gasteiger partial charge in [0.05, 0.1) is 0 Å². The maximum absolute atomic E-state index is 13.0. The highest BCUT2D eigenvalue weighted by Crippen LogP contribution is 2.14. The van der Waals surface area contributed by atoms with Gasteiger partial charge in [-0.05, 0) is 18.2 Å². The molecule has 3 nitrogen and oxygen atoms in total. The third kappa shape index (κ3) is 2.91. The molecular weight excluding hydrogens is 195 g/mol. The molecule has 0 aliphatic rings. The van der Waals surface area contributed by atoms with E-state index in [1.165, 1.54) is 18.2 Å². The number of rotatable bonds is 2. The number of halogens is 2. The van der Waals surface area contributed by atoms with Crippen molar-refractivity contribution in [3.8, 4) is 0 Å². The van der Waals surface area contributed by atoms with Crippen LogP contribution in [0.1, 0.15) is 5.56 Å². The highest BCUT2D eigenvalue weighted by Gasteiger charge is 2.02. The molecule has 2 amide bonds. The Bertz CT molecular complexity index is 330. The number of primary amides is 1. The van der Waals surface area contributed by atoms with E-state index in [1.807, 2.05) is 0 Å². The molecule has 0 fully saturated rings. The van der Waals surface area contributed by atoms with Crippen LogP contribution in [0, 0.1) is 5.82 Å². The minimum absolute atomic E-state index is 0.0434. The molecule has 1 rings (SSSR count). The molecule has 5 heteroatoms. The highest BCUT2D eigenvalue weighted by atomic mass is 35.5. The summed E-state index contributed by atoms with van der Waals surface area (Å²) in [6.07, 6.45) is 0. The highest BCUT2D eigenvalue weighted by molar-refractivity contribution is 6.30. The van der Waals surface area contributed by atoms with Crippen LogP contribution in [0.2, 0.25) is 5.02 Å². The Morgan fingerprint density at radius 1 is 1.62 bits per heavy atom. The molecule has 0 aromatic heterocycles. The molecule has 0 atom stereocenters. The first-order valence-electron chi connectivity index (χ1n) is 3.57. The molecule has 0 spiro atoms. The number of carbonyl (C=O) groups is 1. The molecule has 0 aliphatic carbocycles. The molecule has 0 radical (unpaired) electrons. The number of carbonyl (C=O) groups excluding carboxylic acids is 1. The van der Waals surface area contributed by atoms with Crippen LogP contribution in [0.15, 0.2) is 18.2 Å². The van der Waals surface area contributed by atoms with Crippen LogP contribution in [0.4, 0.5) is 9.18 Å². The van der Waals surface area contributed by atoms with Crippen LogP contribution in [0.5, 0.6) is 0 Å². The van der Waals surface area contributed by atoms with E-state index >= 15 is 0 Å². The topological polar surface area (TPSA) is 55.1 Å². The Labute approximate surface area is 79.7 Å². The normalized spacial score (nSPS) is 9.69. The summed E-state index contributed by atoms with van der Waals surface area (Å²) in [4.78, 5) is 10.3. The molecular formula is C8H8ClFN2O. The monoisotopic (exact) mass is 202 g/mol. The first-order chi connectivity index (χ1) is 6.09. The van der Waals surface area contributed by atoms with E-state index in [1.54, 1.807) is 0 Å². The van der Waals surface area contributed by atoms with Crippen molar-refractivity contribution in [3.63, 3.8) is 0 Å². The Kier molecular flexibility index (Phi) is 3.08. The molecule has 0 saturated carbocycles. The number of urea groups is 1. The van der Waals surface area contributed by atoms with Crippen molar-refractivity contribution in [2.75, 3.05) is 0 Å². The summed E-state index contributed by atoms with van der Waals surface area (Å²) in [5.41, 5.74) is 5.13. The fourth-order valence-corrected chi connectivity index (χ4v) is 1.06. The molecule has 0 aliphatic heterocycles. The van der Waals surface area contributed by atoms with Crippen LogP contribution in [-0.4, -0.2) is 6.03 Å². The van der Waals surface area contributed by atoms with Gasteiger partial charge in [-0.2, -0.15) is 0 Å². The van der Waals surface area contributed by atoms with Crippen LogP contribution < -0.4 is 11.1 Å². The molecule has 0 saturated heterocycles. The second kappa shape index (κ2) is 4.09. The van der Waals surface area contributed by atoms with Crippen molar-refractivity contribution in [2.45, 2.75) is 6.54 Å². The first kappa shape index (κ1) is 9.80. The first-order valence-corrected chi connectivity index (χ1v) is 3.94. The van der Waals surface area contributed by atoms with E-state index in [0.29, 0.717) is 10.6 Å². The zero-order valence-electron chi connectivity index (χ0n) is 6.68. The quantitative estimate of drug-likeness (QED) is 0.753. The van der Waals surface area contributed by atoms with Crippen LogP contribution in [0.3, 0.4) is 0 Å². The van der Waals surface area contributed by atoms with Crippen molar-refractivity contribution >= 4 is 17.6 Å². The summed E-state index contributed by atoms with van der Waals surface area (Å²) in [5.74, 6) is -0.418. The largest absolute Gasteiger partial charge is 0.352 e. The average Bonchev–Trinajstić information content (AvgIpc) is 2.06. The van der Waals surface area contributed by atoms with Gasteiger partial charge in [0.15, 0.2) is 0 Å². The third-order valence-corrected chi connectivity index (χ3v) is 1.70. The Morgan fingerprint density at radius 3 is 2.92 bits per heavy atom. The molecule has 3 N–H and O–H groups in total. The van der Waals surface area contributed by atoms with Crippen molar-refractivity contribution in [1.82, 2.24) is 5.32 Å². The number of hydrogen-bond donors (Lipinski definition) is 2. The van der Waals surface area contributed by atoms with E-state index in [2.05, 4.69) is 5.32 Å². The summed E-state index contributed by atoms with van der Waals surface area (Å²) in [6.45, 7) is 0.0434. The Balaban J connectivity index is 2.75. The second-order valence-electron chi connectivity index (χ2n) is 2.45. The van der Waals surface area contributed by atoms with Gasteiger partial charge in [0.1, 0.15) is 5.82 Å². The van der Waals surface area contributed by atoms with Gasteiger partial charge in [0, 0.05) is 17.1 Å². The van der Waals surface area contributed by atoms with E-state index in [9.17, 15) is 9.18 Å². The fraction of sp³-hybridized carbons (Fsp3) is 0.125. The summed E-state index contributed by atoms with van der Waals surface area (Å²) in [7, 11) is 0. The number of amides is 2. The third-order valence-electron chi connectivity index (χ3n) is 1.46. The van der Waals surface area contributed by atoms with Gasteiger partial charge < -0.3 is 11.1 Å². The zero-order valence-corrected chi connectivity index (χ0v) is 7.44. The van der Waals surface area contributed by atoms with Crippen molar-refractivity contribution in [1.29, 1.82) is 0 Å². The lowest BCUT2D eigenvalue weighted by atomic mass is 10.2. The lowest BCUT2D eigenvalue weighted by molar-refractivity contribution is 0.248. The Hall–Kier alpha value is -1.29. The molecule has 0 heterocycles. The van der Waals surface area contributed by atoms with E-state index in [0.717, 1.165) is 0 Å². The summed E-state index contributed by atoms with van der Waals surface area (Å²) < 4.78 is 13.0. The summed E-state index contributed by atoms with van der Waals surface area (Å²) in [6, 6.07) is 3.41. The Morgan fingerprint density at radius 2 is 2.31 bits per heavy atom. The lowest BCUT2D eigenvalue weighted by Gasteiger charge is -2.03. The van der Waals surface area contributed by atoms with Crippen molar-refractivity contribution in [2.24, 2.45) is 5.73 Å². The smallest absolute Gasteiger partial charge is 0.312 e. The lowest BCUT2D eigenvalue weighted by Crippen LogP contribution is -2.28. The van der Waals surface area contributed by atoms with Crippen LogP contribution in [-0.2, 0) is 6.54 Å². The number of nitrogens with two attached hydrogens (primary N) is 1. The van der Waals surface area contributed by atoms with Gasteiger partial charge in [-0.3, -0.25) is 0 Å². The fourth-order valence-electron chi connectivity index (χ4n) is 0.861. The van der Waals surface area contributed by atoms with Gasteiger partial charge in [-0.15, -0.1) is 0 Å².